The van der Waals surface area contributed by atoms with Crippen LogP contribution in [0, 0.1) is 6.92 Å². The fourth-order valence-electron chi connectivity index (χ4n) is 4.19. The van der Waals surface area contributed by atoms with Crippen LogP contribution in [-0.4, -0.2) is 39.7 Å². The van der Waals surface area contributed by atoms with Crippen LogP contribution >= 0.6 is 0 Å². The molecule has 1 aliphatic heterocycles. The minimum absolute atomic E-state index is 0.137. The molecule has 0 unspecified atom stereocenters. The van der Waals surface area contributed by atoms with Crippen molar-refractivity contribution >= 4 is 12.2 Å². The van der Waals surface area contributed by atoms with Gasteiger partial charge in [0.1, 0.15) is 11.6 Å². The van der Waals surface area contributed by atoms with Crippen LogP contribution in [0.4, 0.5) is 0 Å². The Kier molecular flexibility index (Phi) is 7.29. The van der Waals surface area contributed by atoms with E-state index in [1.54, 1.807) is 28.9 Å². The second-order valence-electron chi connectivity index (χ2n) is 8.50. The Morgan fingerprint density at radius 2 is 1.87 bits per heavy atom. The SMILES string of the molecule is C=C/C=c1/nc(C)n(-c2ccc(OCCCN3CCCC3(C)C)cc2)c(=O)/c1=C/C=C. The van der Waals surface area contributed by atoms with Crippen molar-refractivity contribution in [2.45, 2.75) is 45.6 Å². The average molecular weight is 420 g/mol. The Hall–Kier alpha value is -2.92. The molecule has 0 atom stereocenters. The summed E-state index contributed by atoms with van der Waals surface area (Å²) in [7, 11) is 0. The number of likely N-dealkylation sites (tertiary alicyclic amines) is 1. The molecule has 2 heterocycles. The predicted molar refractivity (Wildman–Crippen MR) is 128 cm³/mol. The lowest BCUT2D eigenvalue weighted by Crippen LogP contribution is -2.47. The van der Waals surface area contributed by atoms with Crippen molar-refractivity contribution in [2.75, 3.05) is 19.7 Å². The number of aryl methyl sites for hydroxylation is 1. The van der Waals surface area contributed by atoms with E-state index in [0.29, 0.717) is 28.5 Å². The van der Waals surface area contributed by atoms with E-state index in [1.165, 1.54) is 19.4 Å². The summed E-state index contributed by atoms with van der Waals surface area (Å²) in [6.07, 6.45) is 10.2. The molecular formula is C26H33N3O2. The Morgan fingerprint density at radius 1 is 1.16 bits per heavy atom. The second kappa shape index (κ2) is 9.92. The minimum atomic E-state index is -0.137. The average Bonchev–Trinajstić information content (AvgIpc) is 3.07. The van der Waals surface area contributed by atoms with Crippen molar-refractivity contribution < 1.29 is 4.74 Å². The lowest BCUT2D eigenvalue weighted by Gasteiger charge is -2.31. The maximum atomic E-state index is 13.1. The summed E-state index contributed by atoms with van der Waals surface area (Å²) in [4.78, 5) is 20.2. The minimum Gasteiger partial charge on any atom is -0.494 e. The summed E-state index contributed by atoms with van der Waals surface area (Å²) in [5, 5.41) is 1.08. The van der Waals surface area contributed by atoms with Gasteiger partial charge >= 0.3 is 0 Å². The van der Waals surface area contributed by atoms with Gasteiger partial charge in [0.25, 0.3) is 5.56 Å². The Balaban J connectivity index is 1.73. The first-order chi connectivity index (χ1) is 14.9. The van der Waals surface area contributed by atoms with Crippen LogP contribution < -0.4 is 20.9 Å². The lowest BCUT2D eigenvalue weighted by atomic mass is 10.0. The van der Waals surface area contributed by atoms with Crippen molar-refractivity contribution in [3.8, 4) is 11.4 Å². The van der Waals surface area contributed by atoms with Crippen LogP contribution in [0.15, 0.2) is 54.4 Å². The van der Waals surface area contributed by atoms with E-state index in [2.05, 4.69) is 36.9 Å². The maximum absolute atomic E-state index is 13.1. The number of nitrogens with zero attached hydrogens (tertiary/aromatic N) is 3. The van der Waals surface area contributed by atoms with Crippen molar-refractivity contribution in [3.63, 3.8) is 0 Å². The number of rotatable bonds is 8. The summed E-state index contributed by atoms with van der Waals surface area (Å²) >= 11 is 0. The van der Waals surface area contributed by atoms with Gasteiger partial charge in [0, 0.05) is 12.1 Å². The van der Waals surface area contributed by atoms with Gasteiger partial charge in [-0.2, -0.15) is 0 Å². The third-order valence-electron chi connectivity index (χ3n) is 5.88. The number of ether oxygens (including phenoxy) is 1. The summed E-state index contributed by atoms with van der Waals surface area (Å²) in [6, 6.07) is 7.59. The molecule has 1 fully saturated rings. The first kappa shape index (κ1) is 22.8. The number of benzene rings is 1. The lowest BCUT2D eigenvalue weighted by molar-refractivity contribution is 0.160. The third kappa shape index (κ3) is 5.23. The maximum Gasteiger partial charge on any atom is 0.265 e. The summed E-state index contributed by atoms with van der Waals surface area (Å²) in [5.41, 5.74) is 0.925. The van der Waals surface area contributed by atoms with Crippen LogP contribution in [0.25, 0.3) is 17.8 Å². The quantitative estimate of drug-likeness (QED) is 0.617. The number of hydrogen-bond donors (Lipinski definition) is 0. The summed E-state index contributed by atoms with van der Waals surface area (Å²) < 4.78 is 7.54. The predicted octanol–water partition coefficient (Wildman–Crippen LogP) is 3.12. The number of aromatic nitrogens is 2. The standard InChI is InChI=1S/C26H33N3O2/c1-6-10-23-24(11-7-2)27-20(3)29(25(23)30)21-12-14-22(15-13-21)31-19-9-18-28-17-8-16-26(28,4)5/h6-7,10-15H,1-2,8-9,16-19H2,3-5H3/b23-10+,24-11+. The van der Waals surface area contributed by atoms with Crippen molar-refractivity contribution in [2.24, 2.45) is 0 Å². The van der Waals surface area contributed by atoms with Gasteiger partial charge in [0.15, 0.2) is 0 Å². The van der Waals surface area contributed by atoms with E-state index in [4.69, 9.17) is 4.74 Å². The molecule has 1 aliphatic rings. The molecule has 3 rings (SSSR count). The number of hydrogen-bond acceptors (Lipinski definition) is 4. The van der Waals surface area contributed by atoms with Crippen molar-refractivity contribution in [3.05, 3.63) is 76.3 Å². The van der Waals surface area contributed by atoms with E-state index in [0.717, 1.165) is 24.4 Å². The van der Waals surface area contributed by atoms with E-state index in [9.17, 15) is 4.79 Å². The highest BCUT2D eigenvalue weighted by atomic mass is 16.5. The van der Waals surface area contributed by atoms with Crippen molar-refractivity contribution in [1.29, 1.82) is 0 Å². The molecular weight excluding hydrogens is 386 g/mol. The van der Waals surface area contributed by atoms with E-state index in [-0.39, 0.29) is 5.56 Å². The summed E-state index contributed by atoms with van der Waals surface area (Å²) in [5.74, 6) is 1.42. The molecule has 0 radical (unpaired) electrons. The fraction of sp³-hybridized carbons (Fsp3) is 0.385. The molecule has 0 bridgehead atoms. The molecule has 1 aromatic heterocycles. The highest BCUT2D eigenvalue weighted by Gasteiger charge is 2.30. The largest absolute Gasteiger partial charge is 0.494 e. The number of allylic oxidation sites excluding steroid dienone is 2. The Bertz CT molecular complexity index is 1110. The monoisotopic (exact) mass is 419 g/mol. The van der Waals surface area contributed by atoms with Gasteiger partial charge in [-0.1, -0.05) is 25.3 Å². The molecule has 164 valence electrons. The van der Waals surface area contributed by atoms with Crippen LogP contribution in [0.1, 0.15) is 38.9 Å². The van der Waals surface area contributed by atoms with Crippen LogP contribution in [0.2, 0.25) is 0 Å². The first-order valence-electron chi connectivity index (χ1n) is 10.9. The smallest absolute Gasteiger partial charge is 0.265 e. The van der Waals surface area contributed by atoms with E-state index < -0.39 is 0 Å². The zero-order chi connectivity index (χ0) is 22.4. The fourth-order valence-corrected chi connectivity index (χ4v) is 4.19. The highest BCUT2D eigenvalue weighted by Crippen LogP contribution is 2.28. The van der Waals surface area contributed by atoms with Crippen molar-refractivity contribution in [1.82, 2.24) is 14.5 Å². The molecule has 0 amide bonds. The molecule has 1 saturated heterocycles. The Labute approximate surface area is 184 Å². The molecule has 0 aliphatic carbocycles. The normalized spacial score (nSPS) is 17.1. The molecule has 0 N–H and O–H groups in total. The molecule has 0 saturated carbocycles. The third-order valence-corrected chi connectivity index (χ3v) is 5.88. The molecule has 5 nitrogen and oxygen atoms in total. The van der Waals surface area contributed by atoms with E-state index >= 15 is 0 Å². The first-order valence-corrected chi connectivity index (χ1v) is 10.9. The van der Waals surface area contributed by atoms with E-state index in [1.807, 2.05) is 31.2 Å². The van der Waals surface area contributed by atoms with Gasteiger partial charge in [-0.15, -0.1) is 0 Å². The molecule has 5 heteroatoms. The Morgan fingerprint density at radius 3 is 2.48 bits per heavy atom. The van der Waals surface area contributed by atoms with Gasteiger partial charge in [0.2, 0.25) is 0 Å². The van der Waals surface area contributed by atoms with Gasteiger partial charge in [-0.05, 0) is 83.0 Å². The zero-order valence-corrected chi connectivity index (χ0v) is 18.9. The van der Waals surface area contributed by atoms with Gasteiger partial charge < -0.3 is 4.74 Å². The highest BCUT2D eigenvalue weighted by molar-refractivity contribution is 5.43. The summed E-state index contributed by atoms with van der Waals surface area (Å²) in [6.45, 7) is 16.8. The molecule has 1 aromatic carbocycles. The zero-order valence-electron chi connectivity index (χ0n) is 18.9. The molecule has 2 aromatic rings. The topological polar surface area (TPSA) is 47.4 Å². The van der Waals surface area contributed by atoms with Gasteiger partial charge in [-0.3, -0.25) is 14.3 Å². The van der Waals surface area contributed by atoms with Crippen LogP contribution in [0.3, 0.4) is 0 Å². The van der Waals surface area contributed by atoms with Gasteiger partial charge in [-0.25, -0.2) is 4.98 Å². The van der Waals surface area contributed by atoms with Crippen LogP contribution in [-0.2, 0) is 0 Å². The molecule has 0 spiro atoms. The van der Waals surface area contributed by atoms with Gasteiger partial charge in [0.05, 0.1) is 22.9 Å². The molecule has 31 heavy (non-hydrogen) atoms. The second-order valence-corrected chi connectivity index (χ2v) is 8.50. The van der Waals surface area contributed by atoms with Crippen LogP contribution in [0.5, 0.6) is 5.75 Å².